The molecule has 0 saturated carbocycles. The van der Waals surface area contributed by atoms with Gasteiger partial charge in [-0.15, -0.1) is 0 Å². The number of halogens is 3. The molecule has 27 heavy (non-hydrogen) atoms. The van der Waals surface area contributed by atoms with Crippen molar-refractivity contribution < 1.29 is 22.9 Å². The van der Waals surface area contributed by atoms with Crippen LogP contribution < -0.4 is 5.32 Å². The van der Waals surface area contributed by atoms with Gasteiger partial charge >= 0.3 is 6.18 Å². The van der Waals surface area contributed by atoms with Crippen LogP contribution in [0.4, 0.5) is 24.0 Å². The van der Waals surface area contributed by atoms with Crippen LogP contribution in [0.1, 0.15) is 16.1 Å². The molecule has 0 aliphatic rings. The van der Waals surface area contributed by atoms with Crippen molar-refractivity contribution in [2.45, 2.75) is 6.18 Å². The summed E-state index contributed by atoms with van der Waals surface area (Å²) in [6, 6.07) is 12.6. The summed E-state index contributed by atoms with van der Waals surface area (Å²) in [7, 11) is 0. The molecular formula is C17H10F3N3O3S. The van der Waals surface area contributed by atoms with Crippen LogP contribution in [0, 0.1) is 10.1 Å². The Morgan fingerprint density at radius 1 is 1.07 bits per heavy atom. The van der Waals surface area contributed by atoms with Crippen LogP contribution in [0.3, 0.4) is 0 Å². The third-order valence-corrected chi connectivity index (χ3v) is 4.51. The molecule has 1 heterocycles. The average Bonchev–Trinajstić information content (AvgIpc) is 3.07. The molecule has 0 atom stereocenters. The molecule has 0 unspecified atom stereocenters. The number of amides is 1. The number of hydrogen-bond donors (Lipinski definition) is 1. The summed E-state index contributed by atoms with van der Waals surface area (Å²) in [6.45, 7) is 0. The lowest BCUT2D eigenvalue weighted by Gasteiger charge is -2.05. The molecule has 0 aliphatic heterocycles. The molecule has 0 bridgehead atoms. The summed E-state index contributed by atoms with van der Waals surface area (Å²) in [6.07, 6.45) is -4.68. The van der Waals surface area contributed by atoms with Gasteiger partial charge in [-0.2, -0.15) is 13.2 Å². The first kappa shape index (κ1) is 18.5. The van der Waals surface area contributed by atoms with Crippen LogP contribution in [0.15, 0.2) is 54.6 Å². The van der Waals surface area contributed by atoms with E-state index < -0.39 is 22.7 Å². The van der Waals surface area contributed by atoms with Crippen molar-refractivity contribution in [2.24, 2.45) is 0 Å². The van der Waals surface area contributed by atoms with E-state index in [1.165, 1.54) is 24.3 Å². The van der Waals surface area contributed by atoms with E-state index in [9.17, 15) is 28.1 Å². The number of non-ortho nitro benzene ring substituents is 1. The molecule has 10 heteroatoms. The number of alkyl halides is 3. The number of nitrogens with zero attached hydrogens (tertiary/aromatic N) is 2. The number of benzene rings is 2. The van der Waals surface area contributed by atoms with Gasteiger partial charge in [-0.25, -0.2) is 4.98 Å². The van der Waals surface area contributed by atoms with E-state index in [1.807, 2.05) is 0 Å². The van der Waals surface area contributed by atoms with Crippen LogP contribution in [0.2, 0.25) is 0 Å². The standard InChI is InChI=1S/C17H10F3N3O3S/c18-17(19,20)14-13(10-4-2-1-3-5-10)27-16(21-14)22-15(24)11-6-8-12(9-7-11)23(25)26/h1-9H,(H,21,22,24). The van der Waals surface area contributed by atoms with Crippen molar-refractivity contribution in [3.8, 4) is 10.4 Å². The molecule has 3 aromatic rings. The third kappa shape index (κ3) is 4.11. The monoisotopic (exact) mass is 393 g/mol. The fourth-order valence-electron chi connectivity index (χ4n) is 2.25. The molecule has 2 aromatic carbocycles. The number of rotatable bonds is 4. The molecule has 3 rings (SSSR count). The predicted octanol–water partition coefficient (Wildman–Crippen LogP) is 4.99. The molecule has 6 nitrogen and oxygen atoms in total. The maximum absolute atomic E-state index is 13.3. The highest BCUT2D eigenvalue weighted by molar-refractivity contribution is 7.19. The average molecular weight is 393 g/mol. The maximum Gasteiger partial charge on any atom is 0.434 e. The Balaban J connectivity index is 1.90. The van der Waals surface area contributed by atoms with Gasteiger partial charge in [0.25, 0.3) is 11.6 Å². The smallest absolute Gasteiger partial charge is 0.298 e. The van der Waals surface area contributed by atoms with Crippen LogP contribution in [-0.2, 0) is 6.18 Å². The Labute approximate surface area is 154 Å². The first-order valence-corrected chi connectivity index (χ1v) is 8.26. The third-order valence-electron chi connectivity index (χ3n) is 3.49. The quantitative estimate of drug-likeness (QED) is 0.500. The van der Waals surface area contributed by atoms with E-state index in [0.717, 1.165) is 12.1 Å². The lowest BCUT2D eigenvalue weighted by Crippen LogP contribution is -2.12. The highest BCUT2D eigenvalue weighted by Crippen LogP contribution is 2.41. The van der Waals surface area contributed by atoms with Gasteiger partial charge in [0.1, 0.15) is 0 Å². The molecule has 0 fully saturated rings. The molecule has 0 saturated heterocycles. The summed E-state index contributed by atoms with van der Waals surface area (Å²) < 4.78 is 39.9. The van der Waals surface area contributed by atoms with Gasteiger partial charge < -0.3 is 0 Å². The number of nitrogens with one attached hydrogen (secondary N) is 1. The SMILES string of the molecule is O=C(Nc1nc(C(F)(F)F)c(-c2ccccc2)s1)c1ccc([N+](=O)[O-])cc1. The zero-order valence-electron chi connectivity index (χ0n) is 13.4. The second-order valence-corrected chi connectivity index (χ2v) is 6.32. The first-order chi connectivity index (χ1) is 12.8. The van der Waals surface area contributed by atoms with Crippen molar-refractivity contribution in [3.63, 3.8) is 0 Å². The van der Waals surface area contributed by atoms with Crippen molar-refractivity contribution in [1.29, 1.82) is 0 Å². The number of thiazole rings is 1. The van der Waals surface area contributed by atoms with Crippen molar-refractivity contribution in [3.05, 3.63) is 76.0 Å². The molecule has 0 aliphatic carbocycles. The fraction of sp³-hybridized carbons (Fsp3) is 0.0588. The van der Waals surface area contributed by atoms with Gasteiger partial charge in [0.05, 0.1) is 9.80 Å². The van der Waals surface area contributed by atoms with Gasteiger partial charge in [-0.1, -0.05) is 41.7 Å². The summed E-state index contributed by atoms with van der Waals surface area (Å²) in [5, 5.41) is 12.7. The van der Waals surface area contributed by atoms with Crippen LogP contribution in [-0.4, -0.2) is 15.8 Å². The Kier molecular flexibility index (Phi) is 4.91. The fourth-order valence-corrected chi connectivity index (χ4v) is 3.24. The van der Waals surface area contributed by atoms with Gasteiger partial charge in [-0.05, 0) is 17.7 Å². The van der Waals surface area contributed by atoms with Crippen molar-refractivity contribution in [2.75, 3.05) is 5.32 Å². The van der Waals surface area contributed by atoms with Crippen LogP contribution in [0.25, 0.3) is 10.4 Å². The van der Waals surface area contributed by atoms with E-state index in [4.69, 9.17) is 0 Å². The van der Waals surface area contributed by atoms with Crippen molar-refractivity contribution in [1.82, 2.24) is 4.98 Å². The van der Waals surface area contributed by atoms with E-state index in [2.05, 4.69) is 10.3 Å². The minimum Gasteiger partial charge on any atom is -0.298 e. The number of nitro groups is 1. The Morgan fingerprint density at radius 2 is 1.70 bits per heavy atom. The molecular weight excluding hydrogens is 383 g/mol. The molecule has 1 N–H and O–H groups in total. The van der Waals surface area contributed by atoms with Gasteiger partial charge in [-0.3, -0.25) is 20.2 Å². The second kappa shape index (κ2) is 7.16. The Hall–Kier alpha value is -3.27. The number of carbonyl (C=O) groups excluding carboxylic acids is 1. The zero-order valence-corrected chi connectivity index (χ0v) is 14.2. The minimum atomic E-state index is -4.68. The largest absolute Gasteiger partial charge is 0.434 e. The maximum atomic E-state index is 13.3. The summed E-state index contributed by atoms with van der Waals surface area (Å²) in [5.41, 5.74) is -0.895. The number of aromatic nitrogens is 1. The van der Waals surface area contributed by atoms with Crippen molar-refractivity contribution >= 4 is 28.1 Å². The lowest BCUT2D eigenvalue weighted by molar-refractivity contribution is -0.384. The first-order valence-electron chi connectivity index (χ1n) is 7.45. The molecule has 1 amide bonds. The zero-order chi connectivity index (χ0) is 19.6. The predicted molar refractivity (Wildman–Crippen MR) is 93.6 cm³/mol. The molecule has 0 radical (unpaired) electrons. The van der Waals surface area contributed by atoms with E-state index in [1.54, 1.807) is 18.2 Å². The molecule has 0 spiro atoms. The number of anilines is 1. The number of nitro benzene ring substituents is 1. The van der Waals surface area contributed by atoms with Crippen LogP contribution >= 0.6 is 11.3 Å². The summed E-state index contributed by atoms with van der Waals surface area (Å²) in [4.78, 5) is 25.6. The molecule has 1 aromatic heterocycles. The van der Waals surface area contributed by atoms with E-state index in [-0.39, 0.29) is 21.3 Å². The highest BCUT2D eigenvalue weighted by atomic mass is 32.1. The molecule has 138 valence electrons. The number of hydrogen-bond acceptors (Lipinski definition) is 5. The topological polar surface area (TPSA) is 85.1 Å². The Morgan fingerprint density at radius 3 is 2.26 bits per heavy atom. The summed E-state index contributed by atoms with van der Waals surface area (Å²) >= 11 is 0.699. The van der Waals surface area contributed by atoms with Crippen LogP contribution in [0.5, 0.6) is 0 Å². The number of carbonyl (C=O) groups is 1. The summed E-state index contributed by atoms with van der Waals surface area (Å²) in [5.74, 6) is -0.716. The highest BCUT2D eigenvalue weighted by Gasteiger charge is 2.38. The van der Waals surface area contributed by atoms with Gasteiger partial charge in [0.2, 0.25) is 0 Å². The minimum absolute atomic E-state index is 0.0608. The normalized spacial score (nSPS) is 11.2. The van der Waals surface area contributed by atoms with Gasteiger partial charge in [0.15, 0.2) is 10.8 Å². The van der Waals surface area contributed by atoms with E-state index >= 15 is 0 Å². The second-order valence-electron chi connectivity index (χ2n) is 5.32. The Bertz CT molecular complexity index is 986. The lowest BCUT2D eigenvalue weighted by atomic mass is 10.1. The van der Waals surface area contributed by atoms with E-state index in [0.29, 0.717) is 16.9 Å². The van der Waals surface area contributed by atoms with Gasteiger partial charge in [0, 0.05) is 17.7 Å².